The number of halogens is 4. The topological polar surface area (TPSA) is 111 Å². The summed E-state index contributed by atoms with van der Waals surface area (Å²) in [6.45, 7) is 0.0949. The van der Waals surface area contributed by atoms with Gasteiger partial charge in [-0.05, 0) is 53.8 Å². The Morgan fingerprint density at radius 3 is 2.20 bits per heavy atom. The van der Waals surface area contributed by atoms with Gasteiger partial charge in [0.25, 0.3) is 0 Å². The number of benzene rings is 2. The van der Waals surface area contributed by atoms with E-state index in [-0.39, 0.29) is 24.9 Å². The molecule has 0 bridgehead atoms. The van der Waals surface area contributed by atoms with Crippen LogP contribution in [-0.4, -0.2) is 16.8 Å². The lowest BCUT2D eigenvalue weighted by Gasteiger charge is -2.25. The van der Waals surface area contributed by atoms with E-state index in [1.165, 1.54) is 18.3 Å². The van der Waals surface area contributed by atoms with Crippen LogP contribution in [0.4, 0.5) is 19.0 Å². The van der Waals surface area contributed by atoms with Gasteiger partial charge in [0.05, 0.1) is 17.4 Å². The summed E-state index contributed by atoms with van der Waals surface area (Å²) in [4.78, 5) is 29.7. The first-order valence-electron chi connectivity index (χ1n) is 10.7. The highest BCUT2D eigenvalue weighted by atomic mass is 35.5. The summed E-state index contributed by atoms with van der Waals surface area (Å²) in [5.41, 5.74) is 12.1. The number of aromatic nitrogens is 1. The average Bonchev–Trinajstić information content (AvgIpc) is 2.81. The van der Waals surface area contributed by atoms with E-state index in [9.17, 15) is 22.8 Å². The molecule has 6 nitrogen and oxygen atoms in total. The molecule has 1 aromatic heterocycles. The Hall–Kier alpha value is -3.59. The predicted octanol–water partition coefficient (Wildman–Crippen LogP) is 4.16. The van der Waals surface area contributed by atoms with E-state index >= 15 is 0 Å². The second-order valence-electron chi connectivity index (χ2n) is 8.16. The van der Waals surface area contributed by atoms with Crippen molar-refractivity contribution in [1.29, 1.82) is 0 Å². The molecule has 0 aliphatic carbocycles. The van der Waals surface area contributed by atoms with Gasteiger partial charge in [0.2, 0.25) is 11.8 Å². The fraction of sp³-hybridized carbons (Fsp3) is 0.240. The van der Waals surface area contributed by atoms with E-state index in [1.54, 1.807) is 36.4 Å². The minimum atomic E-state index is -4.54. The minimum absolute atomic E-state index is 0.0949. The Bertz CT molecular complexity index is 1170. The van der Waals surface area contributed by atoms with E-state index in [4.69, 9.17) is 23.1 Å². The van der Waals surface area contributed by atoms with Crippen LogP contribution in [0.2, 0.25) is 5.02 Å². The number of nitrogens with zero attached hydrogens (tertiary/aromatic N) is 1. The summed E-state index contributed by atoms with van der Waals surface area (Å²) in [5, 5.41) is 3.24. The third-order valence-corrected chi connectivity index (χ3v) is 5.83. The first-order chi connectivity index (χ1) is 16.5. The molecule has 0 fully saturated rings. The van der Waals surface area contributed by atoms with Gasteiger partial charge >= 0.3 is 6.18 Å². The molecule has 1 unspecified atom stereocenters. The average molecular weight is 505 g/mol. The molecule has 3 rings (SSSR count). The Morgan fingerprint density at radius 1 is 0.943 bits per heavy atom. The highest BCUT2D eigenvalue weighted by Gasteiger charge is 2.34. The fourth-order valence-corrected chi connectivity index (χ4v) is 3.85. The maximum absolute atomic E-state index is 13.3. The van der Waals surface area contributed by atoms with Crippen molar-refractivity contribution in [2.24, 2.45) is 17.6 Å². The molecular weight excluding hydrogens is 481 g/mol. The molecule has 0 spiro atoms. The van der Waals surface area contributed by atoms with E-state index in [0.29, 0.717) is 22.0 Å². The van der Waals surface area contributed by atoms with Crippen molar-refractivity contribution in [1.82, 2.24) is 10.3 Å². The molecule has 0 aliphatic heterocycles. The number of pyridine rings is 1. The first-order valence-corrected chi connectivity index (χ1v) is 11.1. The first kappa shape index (κ1) is 26.0. The predicted molar refractivity (Wildman–Crippen MR) is 127 cm³/mol. The number of hydrogen-bond acceptors (Lipinski definition) is 4. The number of carbonyl (C=O) groups is 2. The number of alkyl halides is 3. The van der Waals surface area contributed by atoms with Crippen molar-refractivity contribution in [3.05, 3.63) is 94.1 Å². The summed E-state index contributed by atoms with van der Waals surface area (Å²) >= 11 is 5.93. The lowest BCUT2D eigenvalue weighted by Crippen LogP contribution is -2.42. The Labute approximate surface area is 205 Å². The zero-order chi connectivity index (χ0) is 25.6. The van der Waals surface area contributed by atoms with Gasteiger partial charge in [0, 0.05) is 17.8 Å². The van der Waals surface area contributed by atoms with E-state index < -0.39 is 35.4 Å². The summed E-state index contributed by atoms with van der Waals surface area (Å²) in [6, 6.07) is 14.6. The standard InChI is InChI=1S/C25H24ClF3N4O2/c26-19-7-4-15(5-8-19)11-20(23(31)34)21(12-16-2-1-3-18(10-16)25(27,28)29)24(35)33-14-17-6-9-22(30)32-13-17/h1-10,13,20-21H,11-12,14H2,(H2,30,32)(H2,31,34)(H,33,35)/t20?,21-/m0/s1. The van der Waals surface area contributed by atoms with Crippen molar-refractivity contribution >= 4 is 29.2 Å². The molecule has 35 heavy (non-hydrogen) atoms. The molecule has 2 aromatic carbocycles. The number of carbonyl (C=O) groups excluding carboxylic acids is 2. The molecule has 3 aromatic rings. The summed E-state index contributed by atoms with van der Waals surface area (Å²) < 4.78 is 39.7. The monoisotopic (exact) mass is 504 g/mol. The quantitative estimate of drug-likeness (QED) is 0.406. The fourth-order valence-electron chi connectivity index (χ4n) is 3.72. The molecule has 5 N–H and O–H groups in total. The van der Waals surface area contributed by atoms with Crippen LogP contribution in [0.3, 0.4) is 0 Å². The molecule has 184 valence electrons. The largest absolute Gasteiger partial charge is 0.416 e. The molecule has 0 aliphatic rings. The van der Waals surface area contributed by atoms with E-state index in [1.807, 2.05) is 0 Å². The normalized spacial score (nSPS) is 13.1. The number of hydrogen-bond donors (Lipinski definition) is 3. The van der Waals surface area contributed by atoms with Crippen LogP contribution >= 0.6 is 11.6 Å². The number of nitrogens with two attached hydrogens (primary N) is 2. The molecule has 1 heterocycles. The van der Waals surface area contributed by atoms with Crippen LogP contribution < -0.4 is 16.8 Å². The summed E-state index contributed by atoms with van der Waals surface area (Å²) in [5.74, 6) is -2.93. The van der Waals surface area contributed by atoms with Gasteiger partial charge in [-0.1, -0.05) is 48.0 Å². The number of anilines is 1. The zero-order valence-electron chi connectivity index (χ0n) is 18.6. The smallest absolute Gasteiger partial charge is 0.384 e. The van der Waals surface area contributed by atoms with Crippen molar-refractivity contribution < 1.29 is 22.8 Å². The van der Waals surface area contributed by atoms with Crippen molar-refractivity contribution in [2.75, 3.05) is 5.73 Å². The molecule has 0 saturated heterocycles. The SMILES string of the molecule is NC(=O)C(Cc1ccc(Cl)cc1)[C@H](Cc1cccc(C(F)(F)F)c1)C(=O)NCc1ccc(N)nc1. The zero-order valence-corrected chi connectivity index (χ0v) is 19.3. The molecule has 0 saturated carbocycles. The number of rotatable bonds is 9. The molecular formula is C25H24ClF3N4O2. The van der Waals surface area contributed by atoms with Gasteiger partial charge in [-0.15, -0.1) is 0 Å². The van der Waals surface area contributed by atoms with Gasteiger partial charge in [0.15, 0.2) is 0 Å². The number of nitrogen functional groups attached to an aromatic ring is 1. The van der Waals surface area contributed by atoms with E-state index in [0.717, 1.165) is 12.1 Å². The number of amides is 2. The Kier molecular flexibility index (Phi) is 8.34. The highest BCUT2D eigenvalue weighted by Crippen LogP contribution is 2.31. The van der Waals surface area contributed by atoms with Crippen molar-refractivity contribution in [3.8, 4) is 0 Å². The van der Waals surface area contributed by atoms with Crippen molar-refractivity contribution in [3.63, 3.8) is 0 Å². The maximum Gasteiger partial charge on any atom is 0.416 e. The minimum Gasteiger partial charge on any atom is -0.384 e. The molecule has 2 amide bonds. The number of primary amides is 1. The van der Waals surface area contributed by atoms with E-state index in [2.05, 4.69) is 10.3 Å². The summed E-state index contributed by atoms with van der Waals surface area (Å²) in [6.07, 6.45) is -3.04. The van der Waals surface area contributed by atoms with Crippen LogP contribution in [0.5, 0.6) is 0 Å². The Morgan fingerprint density at radius 2 is 1.60 bits per heavy atom. The lowest BCUT2D eigenvalue weighted by molar-refractivity contribution is -0.137. The molecule has 0 radical (unpaired) electrons. The highest BCUT2D eigenvalue weighted by molar-refractivity contribution is 6.30. The van der Waals surface area contributed by atoms with Gasteiger partial charge < -0.3 is 16.8 Å². The second kappa shape index (κ2) is 11.2. The second-order valence-corrected chi connectivity index (χ2v) is 8.59. The van der Waals surface area contributed by atoms with Gasteiger partial charge in [-0.3, -0.25) is 9.59 Å². The molecule has 10 heteroatoms. The maximum atomic E-state index is 13.3. The van der Waals surface area contributed by atoms with Gasteiger partial charge in [0.1, 0.15) is 5.82 Å². The Balaban J connectivity index is 1.89. The number of nitrogens with one attached hydrogen (secondary N) is 1. The van der Waals surface area contributed by atoms with Gasteiger partial charge in [-0.25, -0.2) is 4.98 Å². The van der Waals surface area contributed by atoms with Gasteiger partial charge in [-0.2, -0.15) is 13.2 Å². The third-order valence-electron chi connectivity index (χ3n) is 5.58. The van der Waals surface area contributed by atoms with Crippen molar-refractivity contribution in [2.45, 2.75) is 25.6 Å². The van der Waals surface area contributed by atoms with Crippen LogP contribution in [0.15, 0.2) is 66.9 Å². The van der Waals surface area contributed by atoms with Crippen LogP contribution in [-0.2, 0) is 35.2 Å². The molecule has 2 atom stereocenters. The lowest BCUT2D eigenvalue weighted by atomic mass is 9.81. The third kappa shape index (κ3) is 7.45. The van der Waals surface area contributed by atoms with Crippen LogP contribution in [0, 0.1) is 11.8 Å². The summed E-state index contributed by atoms with van der Waals surface area (Å²) in [7, 11) is 0. The van der Waals surface area contributed by atoms with Crippen LogP contribution in [0.1, 0.15) is 22.3 Å². The van der Waals surface area contributed by atoms with Crippen LogP contribution in [0.25, 0.3) is 0 Å².